The minimum Gasteiger partial charge on any atom is -0.466 e. The van der Waals surface area contributed by atoms with Gasteiger partial charge in [-0.3, -0.25) is 14.4 Å². The third kappa shape index (κ3) is 5.90. The minimum atomic E-state index is -0.630. The fourth-order valence-corrected chi connectivity index (χ4v) is 2.86. The summed E-state index contributed by atoms with van der Waals surface area (Å²) in [6, 6.07) is 3.11. The standard InChI is InChI=1S/C21H29NO6/c1-6-10-18(23)15-12-16(21(26)28-9-4)17(11-14(15)5)22(7-2)19(24)13-20(25)27-8-3/h11-12H,6-10,13H2,1-5H3. The quantitative estimate of drug-likeness (QED) is 0.345. The molecule has 0 N–H and O–H groups in total. The maximum absolute atomic E-state index is 12.6. The number of rotatable bonds is 10. The maximum atomic E-state index is 12.6. The van der Waals surface area contributed by atoms with Gasteiger partial charge in [0.1, 0.15) is 6.42 Å². The Bertz CT molecular complexity index is 741. The molecule has 0 aliphatic carbocycles. The van der Waals surface area contributed by atoms with E-state index in [0.717, 1.165) is 0 Å². The Morgan fingerprint density at radius 3 is 2.11 bits per heavy atom. The molecule has 0 radical (unpaired) electrons. The number of anilines is 1. The van der Waals surface area contributed by atoms with Crippen LogP contribution in [0.3, 0.4) is 0 Å². The van der Waals surface area contributed by atoms with Crippen molar-refractivity contribution >= 4 is 29.3 Å². The number of carbonyl (C=O) groups excluding carboxylic acids is 4. The van der Waals surface area contributed by atoms with E-state index < -0.39 is 24.3 Å². The fourth-order valence-electron chi connectivity index (χ4n) is 2.86. The lowest BCUT2D eigenvalue weighted by atomic mass is 9.97. The number of nitrogens with zero attached hydrogens (tertiary/aromatic N) is 1. The monoisotopic (exact) mass is 391 g/mol. The van der Waals surface area contributed by atoms with Crippen molar-refractivity contribution in [3.63, 3.8) is 0 Å². The van der Waals surface area contributed by atoms with Gasteiger partial charge < -0.3 is 14.4 Å². The van der Waals surface area contributed by atoms with Crippen molar-refractivity contribution in [2.24, 2.45) is 0 Å². The third-order valence-corrected chi connectivity index (χ3v) is 4.12. The van der Waals surface area contributed by atoms with Gasteiger partial charge in [-0.25, -0.2) is 4.79 Å². The second kappa shape index (κ2) is 11.2. The van der Waals surface area contributed by atoms with Gasteiger partial charge in [-0.1, -0.05) is 6.92 Å². The summed E-state index contributed by atoms with van der Waals surface area (Å²) in [6.45, 7) is 9.32. The molecule has 1 aromatic rings. The molecule has 7 nitrogen and oxygen atoms in total. The molecule has 0 unspecified atom stereocenters. The molecule has 1 aromatic carbocycles. The summed E-state index contributed by atoms with van der Waals surface area (Å²) in [7, 11) is 0. The summed E-state index contributed by atoms with van der Waals surface area (Å²) in [5.74, 6) is -1.81. The largest absolute Gasteiger partial charge is 0.466 e. The summed E-state index contributed by atoms with van der Waals surface area (Å²) >= 11 is 0. The molecule has 28 heavy (non-hydrogen) atoms. The van der Waals surface area contributed by atoms with Crippen LogP contribution in [0.2, 0.25) is 0 Å². The fraction of sp³-hybridized carbons (Fsp3) is 0.524. The lowest BCUT2D eigenvalue weighted by molar-refractivity contribution is -0.145. The molecule has 0 spiro atoms. The number of esters is 2. The lowest BCUT2D eigenvalue weighted by Gasteiger charge is -2.24. The van der Waals surface area contributed by atoms with Crippen LogP contribution < -0.4 is 4.90 Å². The zero-order valence-corrected chi connectivity index (χ0v) is 17.3. The van der Waals surface area contributed by atoms with Crippen LogP contribution in [0.15, 0.2) is 12.1 Å². The normalized spacial score (nSPS) is 10.3. The molecule has 0 fully saturated rings. The van der Waals surface area contributed by atoms with Crippen LogP contribution in [-0.4, -0.2) is 43.4 Å². The Morgan fingerprint density at radius 1 is 0.929 bits per heavy atom. The van der Waals surface area contributed by atoms with Crippen LogP contribution in [0.5, 0.6) is 0 Å². The Labute approximate surface area is 166 Å². The van der Waals surface area contributed by atoms with E-state index in [4.69, 9.17) is 9.47 Å². The van der Waals surface area contributed by atoms with E-state index in [-0.39, 0.29) is 31.1 Å². The minimum absolute atomic E-state index is 0.0713. The molecule has 0 bridgehead atoms. The van der Waals surface area contributed by atoms with Gasteiger partial charge in [0.2, 0.25) is 5.91 Å². The number of benzene rings is 1. The van der Waals surface area contributed by atoms with E-state index in [9.17, 15) is 19.2 Å². The van der Waals surface area contributed by atoms with Gasteiger partial charge in [0.05, 0.1) is 24.5 Å². The smallest absolute Gasteiger partial charge is 0.340 e. The molecule has 7 heteroatoms. The van der Waals surface area contributed by atoms with Crippen LogP contribution in [0.1, 0.15) is 73.2 Å². The van der Waals surface area contributed by atoms with Crippen molar-refractivity contribution in [1.82, 2.24) is 0 Å². The Morgan fingerprint density at radius 2 is 1.57 bits per heavy atom. The molecule has 0 aromatic heterocycles. The zero-order valence-electron chi connectivity index (χ0n) is 17.3. The highest BCUT2D eigenvalue weighted by Gasteiger charge is 2.26. The van der Waals surface area contributed by atoms with Gasteiger partial charge in [-0.15, -0.1) is 0 Å². The van der Waals surface area contributed by atoms with Gasteiger partial charge in [0.15, 0.2) is 5.78 Å². The summed E-state index contributed by atoms with van der Waals surface area (Å²) < 4.78 is 9.96. The number of ether oxygens (including phenoxy) is 2. The first-order chi connectivity index (χ1) is 13.3. The highest BCUT2D eigenvalue weighted by molar-refractivity contribution is 6.09. The number of carbonyl (C=O) groups is 4. The Hall–Kier alpha value is -2.70. The van der Waals surface area contributed by atoms with E-state index in [1.54, 1.807) is 33.8 Å². The highest BCUT2D eigenvalue weighted by Crippen LogP contribution is 2.28. The number of ketones is 1. The summed E-state index contributed by atoms with van der Waals surface area (Å²) in [5.41, 5.74) is 1.54. The van der Waals surface area contributed by atoms with Crippen molar-refractivity contribution < 1.29 is 28.7 Å². The summed E-state index contributed by atoms with van der Waals surface area (Å²) in [6.07, 6.45) is 0.620. The third-order valence-electron chi connectivity index (χ3n) is 4.12. The molecular formula is C21H29NO6. The second-order valence-electron chi connectivity index (χ2n) is 6.20. The molecular weight excluding hydrogens is 362 g/mol. The van der Waals surface area contributed by atoms with Gasteiger partial charge in [0, 0.05) is 18.5 Å². The molecule has 154 valence electrons. The number of amides is 1. The molecule has 1 amide bonds. The van der Waals surface area contributed by atoms with Gasteiger partial charge >= 0.3 is 11.9 Å². The predicted molar refractivity (Wildman–Crippen MR) is 106 cm³/mol. The number of hydrogen-bond acceptors (Lipinski definition) is 6. The maximum Gasteiger partial charge on any atom is 0.340 e. The van der Waals surface area contributed by atoms with Crippen molar-refractivity contribution in [2.75, 3.05) is 24.7 Å². The number of hydrogen-bond donors (Lipinski definition) is 0. The van der Waals surface area contributed by atoms with Crippen molar-refractivity contribution in [2.45, 2.75) is 53.9 Å². The van der Waals surface area contributed by atoms with Gasteiger partial charge in [-0.2, -0.15) is 0 Å². The first-order valence-electron chi connectivity index (χ1n) is 9.61. The molecule has 1 rings (SSSR count). The average molecular weight is 391 g/mol. The molecule has 0 heterocycles. The van der Waals surface area contributed by atoms with E-state index in [2.05, 4.69) is 0 Å². The first kappa shape index (κ1) is 23.3. The first-order valence-corrected chi connectivity index (χ1v) is 9.61. The molecule has 0 aliphatic rings. The van der Waals surface area contributed by atoms with E-state index >= 15 is 0 Å². The molecule has 0 aliphatic heterocycles. The van der Waals surface area contributed by atoms with Crippen LogP contribution in [-0.2, 0) is 19.1 Å². The average Bonchev–Trinajstić information content (AvgIpc) is 2.62. The van der Waals surface area contributed by atoms with Crippen LogP contribution in [0.4, 0.5) is 5.69 Å². The predicted octanol–water partition coefficient (Wildman–Crippen LogP) is 3.46. The Balaban J connectivity index is 3.42. The zero-order chi connectivity index (χ0) is 21.3. The number of Topliss-reactive ketones (excluding diaryl/α,β-unsaturated/α-hetero) is 1. The molecule has 0 saturated heterocycles. The SMILES string of the molecule is CCCC(=O)c1cc(C(=O)OCC)c(N(CC)C(=O)CC(=O)OCC)cc1C. The molecule has 0 saturated carbocycles. The number of aryl methyl sites for hydroxylation is 1. The molecule has 0 atom stereocenters. The van der Waals surface area contributed by atoms with Crippen molar-refractivity contribution in [3.05, 3.63) is 28.8 Å². The van der Waals surface area contributed by atoms with Crippen LogP contribution in [0.25, 0.3) is 0 Å². The second-order valence-corrected chi connectivity index (χ2v) is 6.20. The van der Waals surface area contributed by atoms with E-state index in [1.807, 2.05) is 6.92 Å². The van der Waals surface area contributed by atoms with E-state index in [0.29, 0.717) is 29.7 Å². The van der Waals surface area contributed by atoms with Gasteiger partial charge in [0.25, 0.3) is 0 Å². The summed E-state index contributed by atoms with van der Waals surface area (Å²) in [5, 5.41) is 0. The Kier molecular flexibility index (Phi) is 9.35. The lowest BCUT2D eigenvalue weighted by Crippen LogP contribution is -2.34. The highest BCUT2D eigenvalue weighted by atomic mass is 16.5. The van der Waals surface area contributed by atoms with Crippen molar-refractivity contribution in [1.29, 1.82) is 0 Å². The van der Waals surface area contributed by atoms with Crippen LogP contribution in [0, 0.1) is 6.92 Å². The van der Waals surface area contributed by atoms with Crippen molar-refractivity contribution in [3.8, 4) is 0 Å². The summed E-state index contributed by atoms with van der Waals surface area (Å²) in [4.78, 5) is 50.6. The van der Waals surface area contributed by atoms with E-state index in [1.165, 1.54) is 11.0 Å². The van der Waals surface area contributed by atoms with Gasteiger partial charge in [-0.05, 0) is 51.8 Å². The topological polar surface area (TPSA) is 90.0 Å². The van der Waals surface area contributed by atoms with Crippen LogP contribution >= 0.6 is 0 Å².